The van der Waals surface area contributed by atoms with Crippen LogP contribution in [0.3, 0.4) is 0 Å². The highest BCUT2D eigenvalue weighted by atomic mass is 35.5. The van der Waals surface area contributed by atoms with E-state index in [4.69, 9.17) is 22.0 Å². The maximum Gasteiger partial charge on any atom is 0.416 e. The molecule has 1 atom stereocenters. The van der Waals surface area contributed by atoms with Crippen molar-refractivity contribution in [1.82, 2.24) is 5.01 Å². The molecule has 1 unspecified atom stereocenters. The standard InChI is InChI=1S/C28H24ClF3N4O/c29-23-12-8-20(9-13-23)26-27(16-4-5-17-33,21-6-2-1-3-7-21)19-36(35-26)18-25(37)34-24-14-10-22(11-15-24)28(30,31)32/h1-3,6-15H,4-5,16,18-19H2,(H,34,37). The summed E-state index contributed by atoms with van der Waals surface area (Å²) in [6.07, 6.45) is -2.78. The summed E-state index contributed by atoms with van der Waals surface area (Å²) >= 11 is 6.12. The van der Waals surface area contributed by atoms with E-state index in [0.29, 0.717) is 30.8 Å². The molecule has 0 fully saturated rings. The van der Waals surface area contributed by atoms with Gasteiger partial charge in [-0.3, -0.25) is 9.80 Å². The Kier molecular flexibility index (Phi) is 7.84. The van der Waals surface area contributed by atoms with Gasteiger partial charge in [0.1, 0.15) is 6.54 Å². The molecule has 0 aliphatic carbocycles. The number of unbranched alkanes of at least 4 members (excludes halogenated alkanes) is 1. The molecule has 9 heteroatoms. The first-order valence-corrected chi connectivity index (χ1v) is 12.1. The lowest BCUT2D eigenvalue weighted by Gasteiger charge is -2.32. The summed E-state index contributed by atoms with van der Waals surface area (Å²) in [7, 11) is 0. The maximum absolute atomic E-state index is 12.8. The molecule has 5 nitrogen and oxygen atoms in total. The number of nitrogens with zero attached hydrogens (tertiary/aromatic N) is 3. The molecule has 0 radical (unpaired) electrons. The number of nitrogens with one attached hydrogen (secondary N) is 1. The number of halogens is 4. The number of anilines is 1. The Morgan fingerprint density at radius 1 is 1.05 bits per heavy atom. The van der Waals surface area contributed by atoms with Crippen LogP contribution in [0.2, 0.25) is 5.02 Å². The lowest BCUT2D eigenvalue weighted by molar-refractivity contribution is -0.137. The van der Waals surface area contributed by atoms with E-state index in [1.54, 1.807) is 17.1 Å². The molecule has 0 bridgehead atoms. The van der Waals surface area contributed by atoms with Crippen LogP contribution in [0.5, 0.6) is 0 Å². The predicted octanol–water partition coefficient (Wildman–Crippen LogP) is 6.65. The van der Waals surface area contributed by atoms with Gasteiger partial charge in [-0.25, -0.2) is 0 Å². The zero-order valence-electron chi connectivity index (χ0n) is 19.8. The number of nitriles is 1. The van der Waals surface area contributed by atoms with Crippen LogP contribution in [0.4, 0.5) is 18.9 Å². The minimum atomic E-state index is -4.45. The molecular formula is C28H24ClF3N4O. The predicted molar refractivity (Wildman–Crippen MR) is 137 cm³/mol. The maximum atomic E-state index is 12.8. The second-order valence-corrected chi connectivity index (χ2v) is 9.30. The molecule has 0 saturated heterocycles. The van der Waals surface area contributed by atoms with E-state index in [1.807, 2.05) is 42.5 Å². The fourth-order valence-electron chi connectivity index (χ4n) is 4.60. The Morgan fingerprint density at radius 3 is 2.35 bits per heavy atom. The Hall–Kier alpha value is -3.83. The van der Waals surface area contributed by atoms with Gasteiger partial charge in [-0.2, -0.15) is 23.5 Å². The first kappa shape index (κ1) is 26.2. The number of hydrogen-bond donors (Lipinski definition) is 1. The second-order valence-electron chi connectivity index (χ2n) is 8.86. The van der Waals surface area contributed by atoms with Gasteiger partial charge in [0, 0.05) is 17.1 Å². The van der Waals surface area contributed by atoms with E-state index in [1.165, 1.54) is 12.1 Å². The van der Waals surface area contributed by atoms with Gasteiger partial charge in [-0.05, 0) is 60.4 Å². The van der Waals surface area contributed by atoms with Crippen LogP contribution in [0.15, 0.2) is 84.0 Å². The number of alkyl halides is 3. The fourth-order valence-corrected chi connectivity index (χ4v) is 4.72. The van der Waals surface area contributed by atoms with Crippen LogP contribution in [-0.4, -0.2) is 29.7 Å². The molecule has 1 amide bonds. The van der Waals surface area contributed by atoms with Gasteiger partial charge >= 0.3 is 6.18 Å². The molecule has 1 aliphatic rings. The number of rotatable bonds is 8. The minimum absolute atomic E-state index is 0.0923. The molecule has 4 rings (SSSR count). The van der Waals surface area contributed by atoms with Gasteiger partial charge in [0.25, 0.3) is 0 Å². The Morgan fingerprint density at radius 2 is 1.73 bits per heavy atom. The summed E-state index contributed by atoms with van der Waals surface area (Å²) in [6.45, 7) is 0.311. The van der Waals surface area contributed by atoms with Crippen LogP contribution < -0.4 is 5.32 Å². The molecule has 3 aromatic carbocycles. The van der Waals surface area contributed by atoms with E-state index in [-0.39, 0.29) is 12.2 Å². The quantitative estimate of drug-likeness (QED) is 0.335. The summed E-state index contributed by atoms with van der Waals surface area (Å²) in [6, 6.07) is 23.7. The number of carbonyl (C=O) groups is 1. The zero-order valence-corrected chi connectivity index (χ0v) is 20.6. The number of amides is 1. The highest BCUT2D eigenvalue weighted by Crippen LogP contribution is 2.40. The number of hydrogen-bond acceptors (Lipinski definition) is 4. The largest absolute Gasteiger partial charge is 0.416 e. The third kappa shape index (κ3) is 6.12. The molecule has 0 saturated carbocycles. The Bertz CT molecular complexity index is 1300. The molecular weight excluding hydrogens is 501 g/mol. The zero-order chi connectivity index (χ0) is 26.5. The van der Waals surface area contributed by atoms with Gasteiger partial charge in [-0.1, -0.05) is 54.1 Å². The smallest absolute Gasteiger partial charge is 0.324 e. The van der Waals surface area contributed by atoms with Crippen molar-refractivity contribution in [3.63, 3.8) is 0 Å². The van der Waals surface area contributed by atoms with Crippen LogP contribution in [-0.2, 0) is 16.4 Å². The van der Waals surface area contributed by atoms with Crippen molar-refractivity contribution in [1.29, 1.82) is 5.26 Å². The number of hydrazone groups is 1. The molecule has 37 heavy (non-hydrogen) atoms. The lowest BCUT2D eigenvalue weighted by Crippen LogP contribution is -2.40. The van der Waals surface area contributed by atoms with E-state index >= 15 is 0 Å². The average Bonchev–Trinajstić information content (AvgIpc) is 3.24. The third-order valence-electron chi connectivity index (χ3n) is 6.31. The van der Waals surface area contributed by atoms with Crippen LogP contribution >= 0.6 is 11.6 Å². The monoisotopic (exact) mass is 524 g/mol. The summed E-state index contributed by atoms with van der Waals surface area (Å²) in [5.41, 5.74) is 1.56. The lowest BCUT2D eigenvalue weighted by atomic mass is 9.71. The van der Waals surface area contributed by atoms with Crippen molar-refractivity contribution in [3.8, 4) is 6.07 Å². The highest BCUT2D eigenvalue weighted by Gasteiger charge is 2.44. The van der Waals surface area contributed by atoms with Crippen LogP contribution in [0.25, 0.3) is 0 Å². The molecule has 3 aromatic rings. The van der Waals surface area contributed by atoms with Gasteiger partial charge in [0.05, 0.1) is 29.3 Å². The summed E-state index contributed by atoms with van der Waals surface area (Å²) in [5, 5.41) is 18.9. The molecule has 190 valence electrons. The number of carbonyl (C=O) groups excluding carboxylic acids is 1. The Balaban J connectivity index is 1.61. The summed E-state index contributed by atoms with van der Waals surface area (Å²) in [4.78, 5) is 12.8. The SMILES string of the molecule is N#CCCCC1(c2ccccc2)CN(CC(=O)Nc2ccc(C(F)(F)F)cc2)N=C1c1ccc(Cl)cc1. The molecule has 0 spiro atoms. The van der Waals surface area contributed by atoms with Gasteiger partial charge in [0.2, 0.25) is 5.91 Å². The highest BCUT2D eigenvalue weighted by molar-refractivity contribution is 6.30. The molecule has 1 N–H and O–H groups in total. The van der Waals surface area contributed by atoms with Gasteiger partial charge in [0.15, 0.2) is 0 Å². The first-order chi connectivity index (χ1) is 17.7. The van der Waals surface area contributed by atoms with Crippen molar-refractivity contribution in [2.24, 2.45) is 5.10 Å². The molecule has 1 aliphatic heterocycles. The van der Waals surface area contributed by atoms with E-state index in [9.17, 15) is 18.0 Å². The number of benzene rings is 3. The summed E-state index contributed by atoms with van der Waals surface area (Å²) < 4.78 is 38.5. The van der Waals surface area contributed by atoms with Crippen molar-refractivity contribution in [2.45, 2.75) is 30.9 Å². The van der Waals surface area contributed by atoms with Crippen molar-refractivity contribution >= 4 is 28.9 Å². The second kappa shape index (κ2) is 11.1. The van der Waals surface area contributed by atoms with Crippen molar-refractivity contribution < 1.29 is 18.0 Å². The third-order valence-corrected chi connectivity index (χ3v) is 6.56. The van der Waals surface area contributed by atoms with Gasteiger partial charge < -0.3 is 5.32 Å². The van der Waals surface area contributed by atoms with Gasteiger partial charge in [-0.15, -0.1) is 0 Å². The van der Waals surface area contributed by atoms with Crippen molar-refractivity contribution in [2.75, 3.05) is 18.4 Å². The molecule has 1 heterocycles. The van der Waals surface area contributed by atoms with E-state index < -0.39 is 23.1 Å². The van der Waals surface area contributed by atoms with E-state index in [0.717, 1.165) is 29.0 Å². The normalized spacial score (nSPS) is 17.3. The summed E-state index contributed by atoms with van der Waals surface area (Å²) in [5.74, 6) is -0.403. The average molecular weight is 525 g/mol. The Labute approximate surface area is 218 Å². The van der Waals surface area contributed by atoms with Crippen molar-refractivity contribution in [3.05, 3.63) is 101 Å². The van der Waals surface area contributed by atoms with Crippen LogP contribution in [0.1, 0.15) is 36.0 Å². The molecule has 0 aromatic heterocycles. The van der Waals surface area contributed by atoms with Crippen LogP contribution in [0, 0.1) is 11.3 Å². The van der Waals surface area contributed by atoms with E-state index in [2.05, 4.69) is 11.4 Å². The first-order valence-electron chi connectivity index (χ1n) is 11.7. The fraction of sp³-hybridized carbons (Fsp3) is 0.250. The topological polar surface area (TPSA) is 68.5 Å². The minimum Gasteiger partial charge on any atom is -0.324 e.